The first kappa shape index (κ1) is 15.0. The molecule has 0 N–H and O–H groups in total. The van der Waals surface area contributed by atoms with Crippen molar-refractivity contribution in [2.75, 3.05) is 19.6 Å². The highest BCUT2D eigenvalue weighted by Crippen LogP contribution is 2.45. The van der Waals surface area contributed by atoms with Crippen LogP contribution in [0.15, 0.2) is 22.9 Å². The molecule has 3 nitrogen and oxygen atoms in total. The minimum atomic E-state index is -2.38. The minimum absolute atomic E-state index is 0.0936. The molecule has 0 aromatic carbocycles. The molecule has 120 valence electrons. The quantitative estimate of drug-likeness (QED) is 0.810. The maximum atomic E-state index is 13.0. The normalized spacial score (nSPS) is 31.6. The molecule has 6 heteroatoms. The van der Waals surface area contributed by atoms with E-state index in [0.717, 1.165) is 30.7 Å². The maximum absolute atomic E-state index is 13.0. The van der Waals surface area contributed by atoms with Crippen molar-refractivity contribution in [3.05, 3.63) is 28.5 Å². The first-order valence-electron chi connectivity index (χ1n) is 7.94. The van der Waals surface area contributed by atoms with Gasteiger partial charge in [-0.15, -0.1) is 0 Å². The van der Waals surface area contributed by atoms with E-state index in [0.29, 0.717) is 12.1 Å². The molecule has 1 aromatic rings. The molecule has 2 unspecified atom stereocenters. The number of fused-ring (bicyclic) bond motifs is 2. The van der Waals surface area contributed by atoms with Gasteiger partial charge in [0, 0.05) is 68.0 Å². The molecule has 0 amide bonds. The Kier molecular flexibility index (Phi) is 3.74. The molecule has 4 aliphatic rings. The molecular weight excluding hydrogens is 352 g/mol. The van der Waals surface area contributed by atoms with Gasteiger partial charge < -0.3 is 0 Å². The lowest BCUT2D eigenvalue weighted by Crippen LogP contribution is -2.69. The highest BCUT2D eigenvalue weighted by Gasteiger charge is 2.50. The van der Waals surface area contributed by atoms with Crippen molar-refractivity contribution in [2.24, 2.45) is 5.92 Å². The number of alkyl halides is 2. The van der Waals surface area contributed by atoms with Crippen LogP contribution in [0.4, 0.5) is 8.78 Å². The summed E-state index contributed by atoms with van der Waals surface area (Å²) in [6, 6.07) is 3.24. The molecule has 2 bridgehead atoms. The molecule has 1 saturated carbocycles. The summed E-state index contributed by atoms with van der Waals surface area (Å²) < 4.78 is 26.9. The summed E-state index contributed by atoms with van der Waals surface area (Å²) in [5.41, 5.74) is 1.22. The monoisotopic (exact) mass is 371 g/mol. The predicted molar refractivity (Wildman–Crippen MR) is 83.8 cm³/mol. The first-order valence-corrected chi connectivity index (χ1v) is 8.73. The smallest absolute Gasteiger partial charge is 0.248 e. The number of pyridine rings is 1. The number of aromatic nitrogens is 1. The fourth-order valence-electron chi connectivity index (χ4n) is 4.21. The van der Waals surface area contributed by atoms with E-state index in [1.165, 1.54) is 12.0 Å². The van der Waals surface area contributed by atoms with Gasteiger partial charge in [0.1, 0.15) is 0 Å². The van der Waals surface area contributed by atoms with E-state index in [-0.39, 0.29) is 18.8 Å². The molecule has 22 heavy (non-hydrogen) atoms. The van der Waals surface area contributed by atoms with Crippen molar-refractivity contribution in [3.63, 3.8) is 0 Å². The van der Waals surface area contributed by atoms with Gasteiger partial charge in [-0.1, -0.05) is 0 Å². The average molecular weight is 372 g/mol. The molecule has 1 aromatic heterocycles. The molecule has 0 radical (unpaired) electrons. The van der Waals surface area contributed by atoms with E-state index in [1.807, 2.05) is 6.20 Å². The van der Waals surface area contributed by atoms with E-state index < -0.39 is 5.92 Å². The largest absolute Gasteiger partial charge is 0.296 e. The van der Waals surface area contributed by atoms with E-state index in [9.17, 15) is 8.78 Å². The number of hydrogen-bond acceptors (Lipinski definition) is 3. The van der Waals surface area contributed by atoms with Gasteiger partial charge in [0.15, 0.2) is 0 Å². The molecule has 5 rings (SSSR count). The molecule has 4 fully saturated rings. The van der Waals surface area contributed by atoms with Gasteiger partial charge in [0.05, 0.1) is 0 Å². The third kappa shape index (κ3) is 2.93. The number of halogens is 3. The summed E-state index contributed by atoms with van der Waals surface area (Å²) in [4.78, 5) is 9.15. The van der Waals surface area contributed by atoms with Crippen molar-refractivity contribution >= 4 is 15.9 Å². The summed E-state index contributed by atoms with van der Waals surface area (Å²) in [6.45, 7) is 3.89. The topological polar surface area (TPSA) is 19.4 Å². The van der Waals surface area contributed by atoms with Gasteiger partial charge in [0.25, 0.3) is 0 Å². The van der Waals surface area contributed by atoms with E-state index >= 15 is 0 Å². The van der Waals surface area contributed by atoms with Crippen LogP contribution in [0.2, 0.25) is 0 Å². The summed E-state index contributed by atoms with van der Waals surface area (Å²) in [5.74, 6) is -2.18. The second kappa shape index (κ2) is 5.49. The summed E-state index contributed by atoms with van der Waals surface area (Å²) >= 11 is 3.46. The SMILES string of the molecule is FC1(F)CC(CN2C3CC2CN(Cc2cncc(Br)c2)C3)C1. The fourth-order valence-corrected chi connectivity index (χ4v) is 4.63. The van der Waals surface area contributed by atoms with Crippen molar-refractivity contribution in [1.82, 2.24) is 14.8 Å². The molecule has 3 aliphatic heterocycles. The van der Waals surface area contributed by atoms with Gasteiger partial charge in [-0.3, -0.25) is 14.8 Å². The molecule has 3 saturated heterocycles. The highest BCUT2D eigenvalue weighted by molar-refractivity contribution is 9.10. The minimum Gasteiger partial charge on any atom is -0.296 e. The zero-order chi connectivity index (χ0) is 15.3. The zero-order valence-electron chi connectivity index (χ0n) is 12.4. The molecule has 1 aliphatic carbocycles. The Bertz CT molecular complexity index is 548. The Hall–Kier alpha value is -0.590. The molecule has 2 atom stereocenters. The van der Waals surface area contributed by atoms with Crippen molar-refractivity contribution < 1.29 is 8.78 Å². The Labute approximate surface area is 137 Å². The van der Waals surface area contributed by atoms with Crippen LogP contribution >= 0.6 is 15.9 Å². The van der Waals surface area contributed by atoms with Crippen LogP contribution in [0, 0.1) is 5.92 Å². The third-order valence-corrected chi connectivity index (χ3v) is 5.67. The Morgan fingerprint density at radius 1 is 1.23 bits per heavy atom. The van der Waals surface area contributed by atoms with Crippen LogP contribution in [-0.2, 0) is 6.54 Å². The van der Waals surface area contributed by atoms with Crippen LogP contribution in [-0.4, -0.2) is 52.4 Å². The number of rotatable bonds is 4. The highest BCUT2D eigenvalue weighted by atomic mass is 79.9. The summed E-state index contributed by atoms with van der Waals surface area (Å²) in [5, 5.41) is 0. The fraction of sp³-hybridized carbons (Fsp3) is 0.688. The van der Waals surface area contributed by atoms with E-state index in [1.54, 1.807) is 6.20 Å². The van der Waals surface area contributed by atoms with Gasteiger partial charge in [-0.25, -0.2) is 8.78 Å². The third-order valence-electron chi connectivity index (χ3n) is 5.23. The van der Waals surface area contributed by atoms with Crippen molar-refractivity contribution in [2.45, 2.75) is 43.8 Å². The lowest BCUT2D eigenvalue weighted by molar-refractivity contribution is -0.143. The zero-order valence-corrected chi connectivity index (χ0v) is 14.0. The number of hydrogen-bond donors (Lipinski definition) is 0. The Morgan fingerprint density at radius 2 is 1.95 bits per heavy atom. The van der Waals surface area contributed by atoms with Gasteiger partial charge in [-0.2, -0.15) is 0 Å². The first-order chi connectivity index (χ1) is 10.5. The van der Waals surface area contributed by atoms with Crippen LogP contribution in [0.3, 0.4) is 0 Å². The Balaban J connectivity index is 1.29. The lowest BCUT2D eigenvalue weighted by atomic mass is 9.78. The average Bonchev–Trinajstić information content (AvgIpc) is 2.42. The Morgan fingerprint density at radius 3 is 2.59 bits per heavy atom. The van der Waals surface area contributed by atoms with Gasteiger partial charge >= 0.3 is 0 Å². The molecular formula is C16H20BrF2N3. The van der Waals surface area contributed by atoms with Gasteiger partial charge in [0.2, 0.25) is 5.92 Å². The van der Waals surface area contributed by atoms with Crippen molar-refractivity contribution in [3.8, 4) is 0 Å². The van der Waals surface area contributed by atoms with Crippen LogP contribution in [0.5, 0.6) is 0 Å². The van der Waals surface area contributed by atoms with Gasteiger partial charge in [-0.05, 0) is 39.9 Å². The van der Waals surface area contributed by atoms with Crippen LogP contribution < -0.4 is 0 Å². The number of piperidine rings is 1. The van der Waals surface area contributed by atoms with Crippen LogP contribution in [0.25, 0.3) is 0 Å². The molecule has 0 spiro atoms. The summed E-state index contributed by atoms with van der Waals surface area (Å²) in [7, 11) is 0. The number of nitrogens with zero attached hydrogens (tertiary/aromatic N) is 3. The molecule has 4 heterocycles. The standard InChI is InChI=1S/C16H20BrF2N3/c17-13-1-11(5-20-6-13)7-21-9-14-2-15(10-21)22(14)8-12-3-16(18,19)4-12/h1,5-6,12,14-15H,2-4,7-10H2. The number of piperazine rings is 1. The van der Waals surface area contributed by atoms with Crippen molar-refractivity contribution in [1.29, 1.82) is 0 Å². The maximum Gasteiger partial charge on any atom is 0.248 e. The van der Waals surface area contributed by atoms with E-state index in [2.05, 4.69) is 36.8 Å². The van der Waals surface area contributed by atoms with E-state index in [4.69, 9.17) is 0 Å². The van der Waals surface area contributed by atoms with Crippen LogP contribution in [0.1, 0.15) is 24.8 Å². The second-order valence-corrected chi connectivity index (χ2v) is 7.99. The summed E-state index contributed by atoms with van der Waals surface area (Å²) in [6.07, 6.45) is 5.13. The second-order valence-electron chi connectivity index (χ2n) is 7.08. The predicted octanol–water partition coefficient (Wildman–Crippen LogP) is 3.15. The lowest BCUT2D eigenvalue weighted by Gasteiger charge is -2.58.